The maximum Gasteiger partial charge on any atom is 0.308 e. The number of nitrogens with zero attached hydrogens (tertiary/aromatic N) is 1. The SMILES string of the molecule is CCN(CC(C)C(=O)O)C(=O)C1CCCCC1(C)C. The number of hydrogen-bond acceptors (Lipinski definition) is 2. The topological polar surface area (TPSA) is 57.6 Å². The van der Waals surface area contributed by atoms with E-state index in [-0.39, 0.29) is 17.2 Å². The first-order chi connectivity index (χ1) is 8.79. The first-order valence-electron chi connectivity index (χ1n) is 7.31. The van der Waals surface area contributed by atoms with Crippen LogP contribution in [0.15, 0.2) is 0 Å². The molecule has 0 bridgehead atoms. The number of rotatable bonds is 5. The largest absolute Gasteiger partial charge is 0.481 e. The van der Waals surface area contributed by atoms with Crippen molar-refractivity contribution in [2.24, 2.45) is 17.3 Å². The van der Waals surface area contributed by atoms with Crippen LogP contribution in [0.25, 0.3) is 0 Å². The van der Waals surface area contributed by atoms with E-state index < -0.39 is 11.9 Å². The molecule has 2 unspecified atom stereocenters. The van der Waals surface area contributed by atoms with Gasteiger partial charge in [0.05, 0.1) is 5.92 Å². The van der Waals surface area contributed by atoms with Gasteiger partial charge in [-0.15, -0.1) is 0 Å². The van der Waals surface area contributed by atoms with Crippen molar-refractivity contribution < 1.29 is 14.7 Å². The number of hydrogen-bond donors (Lipinski definition) is 1. The Morgan fingerprint density at radius 1 is 1.37 bits per heavy atom. The van der Waals surface area contributed by atoms with Gasteiger partial charge in [-0.05, 0) is 25.2 Å². The molecular weight excluding hydrogens is 242 g/mol. The standard InChI is InChI=1S/C15H27NO3/c1-5-16(10-11(2)14(18)19)13(17)12-8-6-7-9-15(12,3)4/h11-12H,5-10H2,1-4H3,(H,18,19). The maximum atomic E-state index is 12.6. The second-order valence-corrected chi connectivity index (χ2v) is 6.40. The highest BCUT2D eigenvalue weighted by Crippen LogP contribution is 2.41. The zero-order chi connectivity index (χ0) is 14.6. The fourth-order valence-corrected chi connectivity index (χ4v) is 2.96. The summed E-state index contributed by atoms with van der Waals surface area (Å²) < 4.78 is 0. The van der Waals surface area contributed by atoms with E-state index in [1.807, 2.05) is 6.92 Å². The predicted molar refractivity (Wildman–Crippen MR) is 74.8 cm³/mol. The highest BCUT2D eigenvalue weighted by atomic mass is 16.4. The Kier molecular flexibility index (Phi) is 5.39. The molecule has 1 N–H and O–H groups in total. The second kappa shape index (κ2) is 6.40. The average Bonchev–Trinajstić information content (AvgIpc) is 2.34. The molecule has 1 amide bonds. The molecule has 4 heteroatoms. The lowest BCUT2D eigenvalue weighted by Gasteiger charge is -2.40. The summed E-state index contributed by atoms with van der Waals surface area (Å²) in [6.45, 7) is 8.79. The number of amides is 1. The van der Waals surface area contributed by atoms with Crippen molar-refractivity contribution in [3.8, 4) is 0 Å². The highest BCUT2D eigenvalue weighted by Gasteiger charge is 2.39. The Balaban J connectivity index is 2.74. The molecule has 0 radical (unpaired) electrons. The van der Waals surface area contributed by atoms with Crippen LogP contribution in [0.2, 0.25) is 0 Å². The zero-order valence-corrected chi connectivity index (χ0v) is 12.6. The normalized spacial score (nSPS) is 23.7. The minimum atomic E-state index is -0.839. The van der Waals surface area contributed by atoms with E-state index in [1.54, 1.807) is 11.8 Å². The van der Waals surface area contributed by atoms with Crippen molar-refractivity contribution in [1.82, 2.24) is 4.90 Å². The molecule has 19 heavy (non-hydrogen) atoms. The van der Waals surface area contributed by atoms with Crippen molar-refractivity contribution in [3.63, 3.8) is 0 Å². The van der Waals surface area contributed by atoms with Gasteiger partial charge in [0.15, 0.2) is 0 Å². The maximum absolute atomic E-state index is 12.6. The Morgan fingerprint density at radius 3 is 2.47 bits per heavy atom. The quantitative estimate of drug-likeness (QED) is 0.835. The second-order valence-electron chi connectivity index (χ2n) is 6.40. The monoisotopic (exact) mass is 269 g/mol. The van der Waals surface area contributed by atoms with Crippen LogP contribution >= 0.6 is 0 Å². The van der Waals surface area contributed by atoms with E-state index in [9.17, 15) is 9.59 Å². The molecule has 0 aromatic carbocycles. The van der Waals surface area contributed by atoms with Gasteiger partial charge in [0.25, 0.3) is 0 Å². The molecule has 2 atom stereocenters. The molecule has 0 aromatic heterocycles. The van der Waals surface area contributed by atoms with E-state index in [4.69, 9.17) is 5.11 Å². The van der Waals surface area contributed by atoms with Crippen LogP contribution in [0.1, 0.15) is 53.4 Å². The molecule has 0 spiro atoms. The van der Waals surface area contributed by atoms with Crippen LogP contribution in [0.5, 0.6) is 0 Å². The number of carboxylic acids is 1. The predicted octanol–water partition coefficient (Wildman–Crippen LogP) is 2.77. The van der Waals surface area contributed by atoms with Gasteiger partial charge in [0.1, 0.15) is 0 Å². The van der Waals surface area contributed by atoms with E-state index in [0.717, 1.165) is 19.3 Å². The van der Waals surface area contributed by atoms with Gasteiger partial charge in [-0.2, -0.15) is 0 Å². The number of aliphatic carboxylic acids is 1. The zero-order valence-electron chi connectivity index (χ0n) is 12.6. The molecule has 1 fully saturated rings. The fraction of sp³-hybridized carbons (Fsp3) is 0.867. The van der Waals surface area contributed by atoms with Crippen LogP contribution < -0.4 is 0 Å². The lowest BCUT2D eigenvalue weighted by atomic mass is 9.68. The first kappa shape index (κ1) is 16.0. The van der Waals surface area contributed by atoms with E-state index in [0.29, 0.717) is 13.1 Å². The van der Waals surface area contributed by atoms with Gasteiger partial charge >= 0.3 is 5.97 Å². The number of carboxylic acid groups (broad SMARTS) is 1. The lowest BCUT2D eigenvalue weighted by Crippen LogP contribution is -2.45. The average molecular weight is 269 g/mol. The van der Waals surface area contributed by atoms with Crippen molar-refractivity contribution in [2.45, 2.75) is 53.4 Å². The van der Waals surface area contributed by atoms with Crippen LogP contribution in [0.3, 0.4) is 0 Å². The summed E-state index contributed by atoms with van der Waals surface area (Å²) in [5.74, 6) is -1.16. The van der Waals surface area contributed by atoms with Gasteiger partial charge in [0.2, 0.25) is 5.91 Å². The summed E-state index contributed by atoms with van der Waals surface area (Å²) in [5, 5.41) is 8.98. The summed E-state index contributed by atoms with van der Waals surface area (Å²) in [4.78, 5) is 25.3. The highest BCUT2D eigenvalue weighted by molar-refractivity contribution is 5.80. The van der Waals surface area contributed by atoms with Gasteiger partial charge in [-0.3, -0.25) is 9.59 Å². The Bertz CT molecular complexity index is 338. The summed E-state index contributed by atoms with van der Waals surface area (Å²) >= 11 is 0. The van der Waals surface area contributed by atoms with E-state index >= 15 is 0 Å². The molecule has 4 nitrogen and oxygen atoms in total. The molecule has 0 heterocycles. The van der Waals surface area contributed by atoms with Crippen LogP contribution in [-0.4, -0.2) is 35.0 Å². The fourth-order valence-electron chi connectivity index (χ4n) is 2.96. The first-order valence-corrected chi connectivity index (χ1v) is 7.31. The third kappa shape index (κ3) is 3.95. The summed E-state index contributed by atoms with van der Waals surface area (Å²) in [7, 11) is 0. The van der Waals surface area contributed by atoms with E-state index in [1.165, 1.54) is 6.42 Å². The Morgan fingerprint density at radius 2 is 2.00 bits per heavy atom. The minimum Gasteiger partial charge on any atom is -0.481 e. The summed E-state index contributed by atoms with van der Waals surface area (Å²) in [6, 6.07) is 0. The van der Waals surface area contributed by atoms with Crippen molar-refractivity contribution >= 4 is 11.9 Å². The third-order valence-electron chi connectivity index (χ3n) is 4.41. The molecule has 1 rings (SSSR count). The molecule has 1 aliphatic carbocycles. The smallest absolute Gasteiger partial charge is 0.308 e. The Labute approximate surface area is 116 Å². The molecule has 110 valence electrons. The van der Waals surface area contributed by atoms with Crippen molar-refractivity contribution in [3.05, 3.63) is 0 Å². The summed E-state index contributed by atoms with van der Waals surface area (Å²) in [6.07, 6.45) is 4.31. The van der Waals surface area contributed by atoms with Crippen LogP contribution in [-0.2, 0) is 9.59 Å². The molecular formula is C15H27NO3. The van der Waals surface area contributed by atoms with Gasteiger partial charge < -0.3 is 10.0 Å². The summed E-state index contributed by atoms with van der Waals surface area (Å²) in [5.41, 5.74) is 0.0369. The number of carbonyl (C=O) groups excluding carboxylic acids is 1. The molecule has 1 saturated carbocycles. The van der Waals surface area contributed by atoms with Crippen LogP contribution in [0, 0.1) is 17.3 Å². The van der Waals surface area contributed by atoms with Gasteiger partial charge in [0, 0.05) is 19.0 Å². The minimum absolute atomic E-state index is 0.0369. The molecule has 0 saturated heterocycles. The number of carbonyl (C=O) groups is 2. The lowest BCUT2D eigenvalue weighted by molar-refractivity contribution is -0.146. The van der Waals surface area contributed by atoms with Crippen molar-refractivity contribution in [1.29, 1.82) is 0 Å². The molecule has 0 aromatic rings. The third-order valence-corrected chi connectivity index (χ3v) is 4.41. The van der Waals surface area contributed by atoms with Gasteiger partial charge in [-0.25, -0.2) is 0 Å². The Hall–Kier alpha value is -1.06. The van der Waals surface area contributed by atoms with Gasteiger partial charge in [-0.1, -0.05) is 33.6 Å². The van der Waals surface area contributed by atoms with E-state index in [2.05, 4.69) is 13.8 Å². The molecule has 0 aliphatic heterocycles. The van der Waals surface area contributed by atoms with Crippen LogP contribution in [0.4, 0.5) is 0 Å². The molecule has 1 aliphatic rings. The van der Waals surface area contributed by atoms with Crippen molar-refractivity contribution in [2.75, 3.05) is 13.1 Å².